The van der Waals surface area contributed by atoms with Gasteiger partial charge in [0.2, 0.25) is 0 Å². The molecule has 0 atom stereocenters. The summed E-state index contributed by atoms with van der Waals surface area (Å²) in [4.78, 5) is 0. The average Bonchev–Trinajstić information content (AvgIpc) is 2.20. The third kappa shape index (κ3) is 3.49. The van der Waals surface area contributed by atoms with Gasteiger partial charge in [0, 0.05) is 18.3 Å². The molecule has 16 heavy (non-hydrogen) atoms. The van der Waals surface area contributed by atoms with Gasteiger partial charge in [0.25, 0.3) is 0 Å². The standard InChI is InChI=1S/C13H19FN2/c14-11-4-1-7-13(10-11)16-9-3-8-15-12-5-2-6-12/h1,4,7,10,12,15-16H,2-3,5-6,8-9H2. The first-order valence-corrected chi connectivity index (χ1v) is 6.07. The normalized spacial score (nSPS) is 15.8. The van der Waals surface area contributed by atoms with Crippen LogP contribution in [0.3, 0.4) is 0 Å². The summed E-state index contributed by atoms with van der Waals surface area (Å²) in [7, 11) is 0. The fourth-order valence-corrected chi connectivity index (χ4v) is 1.84. The average molecular weight is 222 g/mol. The number of rotatable bonds is 6. The van der Waals surface area contributed by atoms with Crippen molar-refractivity contribution in [1.82, 2.24) is 5.32 Å². The van der Waals surface area contributed by atoms with Crippen LogP contribution >= 0.6 is 0 Å². The third-order valence-electron chi connectivity index (χ3n) is 3.05. The van der Waals surface area contributed by atoms with Gasteiger partial charge in [-0.25, -0.2) is 4.39 Å². The molecule has 0 aliphatic heterocycles. The molecule has 2 nitrogen and oxygen atoms in total. The van der Waals surface area contributed by atoms with Crippen molar-refractivity contribution in [2.75, 3.05) is 18.4 Å². The summed E-state index contributed by atoms with van der Waals surface area (Å²) in [5.74, 6) is -0.183. The van der Waals surface area contributed by atoms with Gasteiger partial charge >= 0.3 is 0 Å². The Hall–Kier alpha value is -1.09. The molecule has 3 heteroatoms. The topological polar surface area (TPSA) is 24.1 Å². The van der Waals surface area contributed by atoms with E-state index < -0.39 is 0 Å². The van der Waals surface area contributed by atoms with Crippen LogP contribution in [0.4, 0.5) is 10.1 Å². The monoisotopic (exact) mass is 222 g/mol. The highest BCUT2D eigenvalue weighted by atomic mass is 19.1. The van der Waals surface area contributed by atoms with Crippen molar-refractivity contribution in [2.45, 2.75) is 31.7 Å². The number of nitrogens with one attached hydrogen (secondary N) is 2. The lowest BCUT2D eigenvalue weighted by molar-refractivity contribution is 0.340. The zero-order valence-electron chi connectivity index (χ0n) is 9.51. The zero-order chi connectivity index (χ0) is 11.2. The minimum Gasteiger partial charge on any atom is -0.385 e. The Balaban J connectivity index is 1.56. The number of anilines is 1. The van der Waals surface area contributed by atoms with Crippen LogP contribution < -0.4 is 10.6 Å². The third-order valence-corrected chi connectivity index (χ3v) is 3.05. The van der Waals surface area contributed by atoms with Gasteiger partial charge in [-0.1, -0.05) is 12.5 Å². The highest BCUT2D eigenvalue weighted by Crippen LogP contribution is 2.17. The molecule has 2 rings (SSSR count). The van der Waals surface area contributed by atoms with Gasteiger partial charge in [-0.3, -0.25) is 0 Å². The van der Waals surface area contributed by atoms with Gasteiger partial charge in [-0.05, 0) is 44.0 Å². The van der Waals surface area contributed by atoms with Crippen molar-refractivity contribution in [2.24, 2.45) is 0 Å². The Labute approximate surface area is 96.2 Å². The maximum atomic E-state index is 12.8. The molecule has 0 radical (unpaired) electrons. The Morgan fingerprint density at radius 3 is 2.81 bits per heavy atom. The minimum atomic E-state index is -0.183. The maximum Gasteiger partial charge on any atom is 0.125 e. The van der Waals surface area contributed by atoms with E-state index in [0.717, 1.165) is 31.2 Å². The van der Waals surface area contributed by atoms with E-state index in [2.05, 4.69) is 10.6 Å². The number of hydrogen-bond acceptors (Lipinski definition) is 2. The Kier molecular flexibility index (Phi) is 4.17. The molecule has 0 unspecified atom stereocenters. The van der Waals surface area contributed by atoms with Gasteiger partial charge in [-0.15, -0.1) is 0 Å². The molecule has 1 saturated carbocycles. The van der Waals surface area contributed by atoms with Crippen LogP contribution in [-0.4, -0.2) is 19.1 Å². The first-order valence-electron chi connectivity index (χ1n) is 6.07. The zero-order valence-corrected chi connectivity index (χ0v) is 9.51. The summed E-state index contributed by atoms with van der Waals surface area (Å²) >= 11 is 0. The van der Waals surface area contributed by atoms with Crippen molar-refractivity contribution in [3.8, 4) is 0 Å². The summed E-state index contributed by atoms with van der Waals surface area (Å²) in [6.45, 7) is 1.94. The van der Waals surface area contributed by atoms with Gasteiger partial charge < -0.3 is 10.6 Å². The Morgan fingerprint density at radius 1 is 1.25 bits per heavy atom. The lowest BCUT2D eigenvalue weighted by atomic mass is 9.93. The lowest BCUT2D eigenvalue weighted by Gasteiger charge is -2.26. The van der Waals surface area contributed by atoms with Crippen LogP contribution in [-0.2, 0) is 0 Å². The van der Waals surface area contributed by atoms with E-state index in [0.29, 0.717) is 0 Å². The van der Waals surface area contributed by atoms with Crippen LogP contribution in [0, 0.1) is 5.82 Å². The molecule has 1 aliphatic carbocycles. The summed E-state index contributed by atoms with van der Waals surface area (Å²) in [6, 6.07) is 7.37. The molecule has 1 aliphatic rings. The van der Waals surface area contributed by atoms with Crippen molar-refractivity contribution >= 4 is 5.69 Å². The van der Waals surface area contributed by atoms with Gasteiger partial charge in [-0.2, -0.15) is 0 Å². The second-order valence-corrected chi connectivity index (χ2v) is 4.37. The summed E-state index contributed by atoms with van der Waals surface area (Å²) in [5.41, 5.74) is 0.864. The first kappa shape index (κ1) is 11.4. The SMILES string of the molecule is Fc1cccc(NCCCNC2CCC2)c1. The van der Waals surface area contributed by atoms with Gasteiger partial charge in [0.15, 0.2) is 0 Å². The smallest absolute Gasteiger partial charge is 0.125 e. The molecule has 0 saturated heterocycles. The molecular weight excluding hydrogens is 203 g/mol. The molecule has 88 valence electrons. The highest BCUT2D eigenvalue weighted by Gasteiger charge is 2.15. The Morgan fingerprint density at radius 2 is 2.12 bits per heavy atom. The molecular formula is C13H19FN2. The predicted octanol–water partition coefficient (Wildman–Crippen LogP) is 2.77. The van der Waals surface area contributed by atoms with E-state index in [1.807, 2.05) is 6.07 Å². The maximum absolute atomic E-state index is 12.8. The number of benzene rings is 1. The second kappa shape index (κ2) is 5.85. The van der Waals surface area contributed by atoms with E-state index in [1.54, 1.807) is 6.07 Å². The van der Waals surface area contributed by atoms with E-state index in [9.17, 15) is 4.39 Å². The van der Waals surface area contributed by atoms with E-state index in [-0.39, 0.29) is 5.82 Å². The van der Waals surface area contributed by atoms with Crippen molar-refractivity contribution < 1.29 is 4.39 Å². The van der Waals surface area contributed by atoms with Crippen molar-refractivity contribution in [3.05, 3.63) is 30.1 Å². The highest BCUT2D eigenvalue weighted by molar-refractivity contribution is 5.42. The fraction of sp³-hybridized carbons (Fsp3) is 0.538. The van der Waals surface area contributed by atoms with Crippen LogP contribution in [0.15, 0.2) is 24.3 Å². The summed E-state index contributed by atoms with van der Waals surface area (Å²) < 4.78 is 12.8. The molecule has 2 N–H and O–H groups in total. The second-order valence-electron chi connectivity index (χ2n) is 4.37. The molecule has 0 aromatic heterocycles. The van der Waals surface area contributed by atoms with E-state index >= 15 is 0 Å². The molecule has 1 aromatic rings. The molecule has 1 aromatic carbocycles. The van der Waals surface area contributed by atoms with Crippen LogP contribution in [0.2, 0.25) is 0 Å². The fourth-order valence-electron chi connectivity index (χ4n) is 1.84. The van der Waals surface area contributed by atoms with Crippen LogP contribution in [0.25, 0.3) is 0 Å². The first-order chi connectivity index (χ1) is 7.84. The molecule has 0 amide bonds. The van der Waals surface area contributed by atoms with Gasteiger partial charge in [0.05, 0.1) is 0 Å². The predicted molar refractivity (Wildman–Crippen MR) is 65.1 cm³/mol. The van der Waals surface area contributed by atoms with Gasteiger partial charge in [0.1, 0.15) is 5.82 Å². The van der Waals surface area contributed by atoms with Crippen molar-refractivity contribution in [3.63, 3.8) is 0 Å². The van der Waals surface area contributed by atoms with Crippen LogP contribution in [0.1, 0.15) is 25.7 Å². The molecule has 0 spiro atoms. The summed E-state index contributed by atoms with van der Waals surface area (Å²) in [5, 5.41) is 6.72. The quantitative estimate of drug-likeness (QED) is 0.723. The largest absolute Gasteiger partial charge is 0.385 e. The van der Waals surface area contributed by atoms with E-state index in [4.69, 9.17) is 0 Å². The number of halogens is 1. The molecule has 1 fully saturated rings. The van der Waals surface area contributed by atoms with E-state index in [1.165, 1.54) is 31.4 Å². The van der Waals surface area contributed by atoms with Crippen LogP contribution in [0.5, 0.6) is 0 Å². The molecule has 0 bridgehead atoms. The molecule has 0 heterocycles. The Bertz CT molecular complexity index is 323. The number of hydrogen-bond donors (Lipinski definition) is 2. The minimum absolute atomic E-state index is 0.183. The summed E-state index contributed by atoms with van der Waals surface area (Å²) in [6.07, 6.45) is 5.11. The van der Waals surface area contributed by atoms with Crippen molar-refractivity contribution in [1.29, 1.82) is 0 Å². The lowest BCUT2D eigenvalue weighted by Crippen LogP contribution is -2.36.